The molecular weight excluding hydrogens is 552 g/mol. The fourth-order valence-corrected chi connectivity index (χ4v) is 4.67. The Morgan fingerprint density at radius 1 is 0.558 bits per heavy atom. The molecule has 3 heterocycles. The van der Waals surface area contributed by atoms with Gasteiger partial charge in [0, 0.05) is 19.3 Å². The number of nitrogens with one attached hydrogen (secondary N) is 1. The molecule has 0 bridgehead atoms. The molecule has 6 rings (SSSR count). The van der Waals surface area contributed by atoms with Gasteiger partial charge < -0.3 is 20.6 Å². The van der Waals surface area contributed by atoms with E-state index in [4.69, 9.17) is 9.98 Å². The van der Waals surface area contributed by atoms with E-state index in [0.29, 0.717) is 59.4 Å². The third-order valence-electron chi connectivity index (χ3n) is 6.83. The summed E-state index contributed by atoms with van der Waals surface area (Å²) in [6.07, 6.45) is 0.981. The Morgan fingerprint density at radius 2 is 0.977 bits per heavy atom. The maximum atomic E-state index is 11.2. The number of nitrogens with zero attached hydrogens (tertiary/aromatic N) is 5. The molecule has 0 fully saturated rings. The molecule has 1 aliphatic heterocycles. The van der Waals surface area contributed by atoms with Crippen molar-refractivity contribution in [3.05, 3.63) is 118 Å². The quantitative estimate of drug-likeness (QED) is 0.195. The van der Waals surface area contributed by atoms with E-state index >= 15 is 0 Å². The molecular formula is C31H22N6O6. The zero-order valence-corrected chi connectivity index (χ0v) is 22.4. The van der Waals surface area contributed by atoms with E-state index in [9.17, 15) is 29.7 Å². The summed E-state index contributed by atoms with van der Waals surface area (Å²) in [5.74, 6) is -0.756. The number of aromatic carboxylic acids is 3. The minimum absolute atomic E-state index is 0.174. The molecule has 0 amide bonds. The van der Waals surface area contributed by atoms with Crippen LogP contribution < -0.4 is 5.32 Å². The summed E-state index contributed by atoms with van der Waals surface area (Å²) >= 11 is 0. The van der Waals surface area contributed by atoms with Crippen LogP contribution in [-0.4, -0.2) is 59.0 Å². The Labute approximate surface area is 243 Å². The van der Waals surface area contributed by atoms with E-state index in [1.165, 1.54) is 36.4 Å². The maximum Gasteiger partial charge on any atom is 0.335 e. The minimum Gasteiger partial charge on any atom is -0.478 e. The summed E-state index contributed by atoms with van der Waals surface area (Å²) in [5.41, 5.74) is 3.36. The topological polar surface area (TPSA) is 188 Å². The first-order valence-electron chi connectivity index (χ1n) is 13.1. The number of hydrogen-bond acceptors (Lipinski definition) is 9. The van der Waals surface area contributed by atoms with Crippen LogP contribution in [0.2, 0.25) is 0 Å². The van der Waals surface area contributed by atoms with Crippen LogP contribution in [0.5, 0.6) is 0 Å². The SMILES string of the molecule is O=C(O)c1ccc(CC2=Nc3nc(Cc4ccc(C(=O)O)cc4)nc4nc(Cc5ccc(C(=O)O)cc5)nc(c34)N2)cc1. The highest BCUT2D eigenvalue weighted by atomic mass is 16.4. The predicted octanol–water partition coefficient (Wildman–Crippen LogP) is 4.39. The van der Waals surface area contributed by atoms with Gasteiger partial charge in [-0.15, -0.1) is 0 Å². The summed E-state index contributed by atoms with van der Waals surface area (Å²) in [7, 11) is 0. The summed E-state index contributed by atoms with van der Waals surface area (Å²) in [6, 6.07) is 19.4. The third kappa shape index (κ3) is 5.88. The second-order valence-corrected chi connectivity index (χ2v) is 9.87. The van der Waals surface area contributed by atoms with Crippen molar-refractivity contribution in [1.82, 2.24) is 19.9 Å². The largest absolute Gasteiger partial charge is 0.478 e. The Bertz CT molecular complexity index is 1930. The second-order valence-electron chi connectivity index (χ2n) is 9.87. The van der Waals surface area contributed by atoms with Crippen LogP contribution in [0.4, 0.5) is 11.6 Å². The smallest absolute Gasteiger partial charge is 0.335 e. The average molecular weight is 575 g/mol. The number of amidine groups is 1. The van der Waals surface area contributed by atoms with Gasteiger partial charge in [-0.2, -0.15) is 0 Å². The zero-order valence-electron chi connectivity index (χ0n) is 22.4. The van der Waals surface area contributed by atoms with Crippen molar-refractivity contribution in [2.75, 3.05) is 5.32 Å². The number of benzene rings is 3. The van der Waals surface area contributed by atoms with Gasteiger partial charge >= 0.3 is 17.9 Å². The molecule has 1 aliphatic rings. The molecule has 43 heavy (non-hydrogen) atoms. The summed E-state index contributed by atoms with van der Waals surface area (Å²) < 4.78 is 0. The van der Waals surface area contributed by atoms with Crippen LogP contribution >= 0.6 is 0 Å². The summed E-state index contributed by atoms with van der Waals surface area (Å²) in [5, 5.41) is 31.4. The molecule has 12 heteroatoms. The lowest BCUT2D eigenvalue weighted by Gasteiger charge is -2.19. The van der Waals surface area contributed by atoms with Crippen molar-refractivity contribution < 1.29 is 29.7 Å². The fraction of sp³-hybridized carbons (Fsp3) is 0.0968. The van der Waals surface area contributed by atoms with Crippen molar-refractivity contribution in [2.45, 2.75) is 19.3 Å². The van der Waals surface area contributed by atoms with Gasteiger partial charge in [0.15, 0.2) is 11.5 Å². The number of carboxylic acid groups (broad SMARTS) is 3. The molecule has 2 aromatic heterocycles. The molecule has 0 unspecified atom stereocenters. The second kappa shape index (κ2) is 11.1. The molecule has 0 aliphatic carbocycles. The predicted molar refractivity (Wildman–Crippen MR) is 155 cm³/mol. The Morgan fingerprint density at radius 3 is 1.42 bits per heavy atom. The summed E-state index contributed by atoms with van der Waals surface area (Å²) in [6.45, 7) is 0. The Hall–Kier alpha value is -6.04. The highest BCUT2D eigenvalue weighted by Crippen LogP contribution is 2.33. The molecule has 0 saturated carbocycles. The van der Waals surface area contributed by atoms with E-state index in [1.54, 1.807) is 36.4 Å². The first-order valence-corrected chi connectivity index (χ1v) is 13.1. The van der Waals surface area contributed by atoms with Crippen LogP contribution in [0.15, 0.2) is 77.8 Å². The van der Waals surface area contributed by atoms with Crippen LogP contribution in [0, 0.1) is 0 Å². The lowest BCUT2D eigenvalue weighted by molar-refractivity contribution is 0.0686. The number of carboxylic acids is 3. The van der Waals surface area contributed by atoms with Crippen LogP contribution in [-0.2, 0) is 19.3 Å². The number of hydrogen-bond donors (Lipinski definition) is 4. The molecule has 5 aromatic rings. The first-order chi connectivity index (χ1) is 20.7. The number of aliphatic imine (C=N–C) groups is 1. The molecule has 3 aromatic carbocycles. The van der Waals surface area contributed by atoms with Crippen LogP contribution in [0.25, 0.3) is 11.0 Å². The Balaban J connectivity index is 1.37. The first kappa shape index (κ1) is 27.1. The van der Waals surface area contributed by atoms with Gasteiger partial charge in [0.05, 0.1) is 16.7 Å². The van der Waals surface area contributed by atoms with Gasteiger partial charge in [0.2, 0.25) is 0 Å². The van der Waals surface area contributed by atoms with Crippen molar-refractivity contribution >= 4 is 46.4 Å². The number of anilines is 1. The van der Waals surface area contributed by atoms with E-state index < -0.39 is 17.9 Å². The normalized spacial score (nSPS) is 12.0. The van der Waals surface area contributed by atoms with Crippen molar-refractivity contribution in [2.24, 2.45) is 4.99 Å². The number of carbonyl (C=O) groups is 3. The lowest BCUT2D eigenvalue weighted by Crippen LogP contribution is -2.20. The molecule has 0 atom stereocenters. The molecule has 0 radical (unpaired) electrons. The van der Waals surface area contributed by atoms with Gasteiger partial charge in [-0.25, -0.2) is 39.3 Å². The van der Waals surface area contributed by atoms with E-state index in [-0.39, 0.29) is 16.7 Å². The molecule has 0 spiro atoms. The van der Waals surface area contributed by atoms with Crippen molar-refractivity contribution in [3.8, 4) is 0 Å². The molecule has 212 valence electrons. The van der Waals surface area contributed by atoms with Gasteiger partial charge in [-0.1, -0.05) is 36.4 Å². The van der Waals surface area contributed by atoms with Crippen LogP contribution in [0.1, 0.15) is 59.4 Å². The van der Waals surface area contributed by atoms with Gasteiger partial charge in [-0.05, 0) is 53.1 Å². The van der Waals surface area contributed by atoms with E-state index in [2.05, 4.69) is 20.3 Å². The monoisotopic (exact) mass is 574 g/mol. The molecule has 12 nitrogen and oxygen atoms in total. The highest BCUT2D eigenvalue weighted by molar-refractivity contribution is 6.10. The standard InChI is InChI=1S/C31H22N6O6/c38-29(39)19-7-1-16(2-8-19)13-22-32-26-25-27(33-22)35-24(15-18-5-11-21(12-6-18)31(42)43)37-28(25)36-23(34-26)14-17-3-9-20(10-4-17)30(40)41/h1-12H,13-15H2,(H,38,39)(H,40,41)(H,42,43)(H,32,33,34,35,36,37). The third-order valence-corrected chi connectivity index (χ3v) is 6.83. The zero-order chi connectivity index (χ0) is 30.1. The fourth-order valence-electron chi connectivity index (χ4n) is 4.67. The van der Waals surface area contributed by atoms with Crippen molar-refractivity contribution in [3.63, 3.8) is 0 Å². The lowest BCUT2D eigenvalue weighted by atomic mass is 10.1. The number of aromatic nitrogens is 4. The molecule has 0 saturated heterocycles. The summed E-state index contributed by atoms with van der Waals surface area (Å²) in [4.78, 5) is 57.2. The van der Waals surface area contributed by atoms with Crippen LogP contribution in [0.3, 0.4) is 0 Å². The van der Waals surface area contributed by atoms with Gasteiger partial charge in [-0.3, -0.25) is 0 Å². The van der Waals surface area contributed by atoms with Gasteiger partial charge in [0.25, 0.3) is 0 Å². The highest BCUT2D eigenvalue weighted by Gasteiger charge is 2.22. The van der Waals surface area contributed by atoms with E-state index in [1.807, 2.05) is 0 Å². The average Bonchev–Trinajstić information content (AvgIpc) is 2.98. The van der Waals surface area contributed by atoms with Gasteiger partial charge in [0.1, 0.15) is 28.7 Å². The minimum atomic E-state index is -1.01. The number of rotatable bonds is 9. The van der Waals surface area contributed by atoms with Crippen molar-refractivity contribution in [1.29, 1.82) is 0 Å². The van der Waals surface area contributed by atoms with E-state index in [0.717, 1.165) is 16.7 Å². The maximum absolute atomic E-state index is 11.2. The Kier molecular flexibility index (Phi) is 7.00. The molecule has 4 N–H and O–H groups in total.